The Morgan fingerprint density at radius 1 is 1.40 bits per heavy atom. The fourth-order valence-corrected chi connectivity index (χ4v) is 1.21. The second-order valence-corrected chi connectivity index (χ2v) is 2.85. The molecule has 76 valence electrons. The zero-order valence-corrected chi connectivity index (χ0v) is 7.27. The van der Waals surface area contributed by atoms with E-state index in [0.29, 0.717) is 6.26 Å². The molecule has 5 nitrogen and oxygen atoms in total. The Labute approximate surface area is 81.9 Å². The van der Waals surface area contributed by atoms with Crippen molar-refractivity contribution < 1.29 is 13.7 Å². The maximum Gasteiger partial charge on any atom is 0.273 e. The summed E-state index contributed by atoms with van der Waals surface area (Å²) in [5, 5.41) is 10.4. The maximum absolute atomic E-state index is 12.8. The van der Waals surface area contributed by atoms with Gasteiger partial charge in [-0.1, -0.05) is 0 Å². The molecule has 6 heteroatoms. The lowest BCUT2D eigenvalue weighted by Gasteiger charge is -1.96. The predicted molar refractivity (Wildman–Crippen MR) is 49.1 cm³/mol. The minimum Gasteiger partial charge on any atom is -0.461 e. The number of hydrogen-bond acceptors (Lipinski definition) is 4. The molecule has 0 spiro atoms. The number of benzene rings is 1. The smallest absolute Gasteiger partial charge is 0.273 e. The molecule has 1 heterocycles. The second-order valence-electron chi connectivity index (χ2n) is 2.85. The third-order valence-corrected chi connectivity index (χ3v) is 1.93. The third kappa shape index (κ3) is 1.45. The summed E-state index contributed by atoms with van der Waals surface area (Å²) in [6.07, 6.45) is 0.633. The molecule has 0 aliphatic heterocycles. The van der Waals surface area contributed by atoms with Crippen LogP contribution in [0.1, 0.15) is 0 Å². The molecule has 0 bridgehead atoms. The Kier molecular flexibility index (Phi) is 1.96. The SMILES string of the molecule is O=c1c(F)coc2cc([N+](=O)[O-])ccc12. The topological polar surface area (TPSA) is 73.3 Å². The van der Waals surface area contributed by atoms with Gasteiger partial charge in [0, 0.05) is 6.07 Å². The molecule has 15 heavy (non-hydrogen) atoms. The van der Waals surface area contributed by atoms with Crippen molar-refractivity contribution in [3.63, 3.8) is 0 Å². The van der Waals surface area contributed by atoms with Gasteiger partial charge in [0.05, 0.1) is 16.4 Å². The number of rotatable bonds is 1. The lowest BCUT2D eigenvalue weighted by atomic mass is 10.2. The van der Waals surface area contributed by atoms with Gasteiger partial charge < -0.3 is 4.42 Å². The van der Waals surface area contributed by atoms with Crippen LogP contribution in [0.4, 0.5) is 10.1 Å². The van der Waals surface area contributed by atoms with Crippen molar-refractivity contribution in [3.05, 3.63) is 50.6 Å². The second kappa shape index (κ2) is 3.16. The Morgan fingerprint density at radius 3 is 2.80 bits per heavy atom. The first kappa shape index (κ1) is 9.32. The van der Waals surface area contributed by atoms with E-state index in [4.69, 9.17) is 4.42 Å². The van der Waals surface area contributed by atoms with Crippen molar-refractivity contribution in [2.75, 3.05) is 0 Å². The van der Waals surface area contributed by atoms with Gasteiger partial charge in [0.25, 0.3) is 5.69 Å². The van der Waals surface area contributed by atoms with Crippen molar-refractivity contribution in [2.24, 2.45) is 0 Å². The monoisotopic (exact) mass is 209 g/mol. The van der Waals surface area contributed by atoms with Gasteiger partial charge in [0.2, 0.25) is 11.2 Å². The zero-order valence-electron chi connectivity index (χ0n) is 7.27. The van der Waals surface area contributed by atoms with Gasteiger partial charge in [-0.2, -0.15) is 4.39 Å². The first-order valence-electron chi connectivity index (χ1n) is 3.95. The molecule has 2 aromatic rings. The number of nitrogens with zero attached hydrogens (tertiary/aromatic N) is 1. The number of nitro groups is 1. The van der Waals surface area contributed by atoms with E-state index in [0.717, 1.165) is 12.1 Å². The quantitative estimate of drug-likeness (QED) is 0.530. The van der Waals surface area contributed by atoms with E-state index in [-0.39, 0.29) is 16.7 Å². The van der Waals surface area contributed by atoms with Crippen molar-refractivity contribution in [1.82, 2.24) is 0 Å². The van der Waals surface area contributed by atoms with Crippen molar-refractivity contribution in [2.45, 2.75) is 0 Å². The molecular formula is C9H4FNO4. The highest BCUT2D eigenvalue weighted by molar-refractivity contribution is 5.78. The van der Waals surface area contributed by atoms with Gasteiger partial charge in [-0.15, -0.1) is 0 Å². The van der Waals surface area contributed by atoms with Crippen LogP contribution in [0.3, 0.4) is 0 Å². The lowest BCUT2D eigenvalue weighted by molar-refractivity contribution is -0.384. The summed E-state index contributed by atoms with van der Waals surface area (Å²) in [7, 11) is 0. The molecule has 1 aromatic carbocycles. The van der Waals surface area contributed by atoms with Crippen LogP contribution in [0.2, 0.25) is 0 Å². The summed E-state index contributed by atoms with van der Waals surface area (Å²) >= 11 is 0. The normalized spacial score (nSPS) is 10.5. The molecule has 0 aliphatic rings. The molecule has 0 saturated carbocycles. The average molecular weight is 209 g/mol. The first-order chi connectivity index (χ1) is 7.09. The molecule has 0 saturated heterocycles. The van der Waals surface area contributed by atoms with Gasteiger partial charge >= 0.3 is 0 Å². The molecule has 0 aliphatic carbocycles. The highest BCUT2D eigenvalue weighted by atomic mass is 19.1. The van der Waals surface area contributed by atoms with Crippen LogP contribution in [0.25, 0.3) is 11.0 Å². The van der Waals surface area contributed by atoms with Crippen LogP contribution < -0.4 is 5.43 Å². The molecule has 0 fully saturated rings. The highest BCUT2D eigenvalue weighted by Gasteiger charge is 2.11. The van der Waals surface area contributed by atoms with Crippen LogP contribution in [0.15, 0.2) is 33.7 Å². The molecule has 0 atom stereocenters. The van der Waals surface area contributed by atoms with E-state index in [9.17, 15) is 19.3 Å². The Hall–Kier alpha value is -2.24. The fourth-order valence-electron chi connectivity index (χ4n) is 1.21. The number of halogens is 1. The molecule has 0 N–H and O–H groups in total. The molecule has 0 unspecified atom stereocenters. The first-order valence-corrected chi connectivity index (χ1v) is 3.95. The number of hydrogen-bond donors (Lipinski definition) is 0. The number of nitro benzene ring substituents is 1. The van der Waals surface area contributed by atoms with E-state index in [1.807, 2.05) is 0 Å². The Bertz CT molecular complexity index is 605. The maximum atomic E-state index is 12.8. The third-order valence-electron chi connectivity index (χ3n) is 1.93. The van der Waals surface area contributed by atoms with Crippen LogP contribution in [-0.2, 0) is 0 Å². The van der Waals surface area contributed by atoms with E-state index in [1.54, 1.807) is 0 Å². The molecule has 0 radical (unpaired) electrons. The summed E-state index contributed by atoms with van der Waals surface area (Å²) in [5.74, 6) is -1.02. The summed E-state index contributed by atoms with van der Waals surface area (Å²) in [6.45, 7) is 0. The standard InChI is InChI=1S/C9H4FNO4/c10-7-4-15-8-3-5(11(13)14)1-2-6(8)9(7)12/h1-4H. The Balaban J connectivity index is 2.81. The van der Waals surface area contributed by atoms with Crippen LogP contribution >= 0.6 is 0 Å². The average Bonchev–Trinajstić information content (AvgIpc) is 2.23. The lowest BCUT2D eigenvalue weighted by Crippen LogP contribution is -2.05. The van der Waals surface area contributed by atoms with Gasteiger partial charge in [-0.3, -0.25) is 14.9 Å². The summed E-state index contributed by atoms with van der Waals surface area (Å²) in [5.41, 5.74) is -1.04. The molecular weight excluding hydrogens is 205 g/mol. The number of non-ortho nitro benzene ring substituents is 1. The predicted octanol–water partition coefficient (Wildman–Crippen LogP) is 1.84. The van der Waals surface area contributed by atoms with Gasteiger partial charge in [0.15, 0.2) is 0 Å². The number of fused-ring (bicyclic) bond motifs is 1. The van der Waals surface area contributed by atoms with Crippen LogP contribution in [0, 0.1) is 15.9 Å². The van der Waals surface area contributed by atoms with Gasteiger partial charge in [-0.25, -0.2) is 0 Å². The minimum atomic E-state index is -1.02. The molecule has 2 rings (SSSR count). The Morgan fingerprint density at radius 2 is 2.13 bits per heavy atom. The van der Waals surface area contributed by atoms with Gasteiger partial charge in [-0.05, 0) is 6.07 Å². The van der Waals surface area contributed by atoms with Crippen LogP contribution in [0.5, 0.6) is 0 Å². The zero-order chi connectivity index (χ0) is 11.0. The molecule has 1 aromatic heterocycles. The van der Waals surface area contributed by atoms with Crippen molar-refractivity contribution in [3.8, 4) is 0 Å². The minimum absolute atomic E-state index is 0.00407. The van der Waals surface area contributed by atoms with Crippen LogP contribution in [-0.4, -0.2) is 4.92 Å². The molecule has 0 amide bonds. The van der Waals surface area contributed by atoms with E-state index in [1.165, 1.54) is 6.07 Å². The highest BCUT2D eigenvalue weighted by Crippen LogP contribution is 2.18. The summed E-state index contributed by atoms with van der Waals surface area (Å²) < 4.78 is 17.5. The fraction of sp³-hybridized carbons (Fsp3) is 0. The van der Waals surface area contributed by atoms with E-state index < -0.39 is 16.2 Å². The van der Waals surface area contributed by atoms with E-state index in [2.05, 4.69) is 0 Å². The van der Waals surface area contributed by atoms with E-state index >= 15 is 0 Å². The summed E-state index contributed by atoms with van der Waals surface area (Å²) in [4.78, 5) is 21.0. The summed E-state index contributed by atoms with van der Waals surface area (Å²) in [6, 6.07) is 3.37. The van der Waals surface area contributed by atoms with Crippen molar-refractivity contribution >= 4 is 16.7 Å². The van der Waals surface area contributed by atoms with Gasteiger partial charge in [0.1, 0.15) is 11.8 Å². The van der Waals surface area contributed by atoms with Crippen molar-refractivity contribution in [1.29, 1.82) is 0 Å². The largest absolute Gasteiger partial charge is 0.461 e.